The molecule has 1 aromatic heterocycles. The summed E-state index contributed by atoms with van der Waals surface area (Å²) in [5, 5.41) is 3.25. The van der Waals surface area contributed by atoms with Crippen molar-refractivity contribution in [3.63, 3.8) is 0 Å². The highest BCUT2D eigenvalue weighted by atomic mass is 35.5. The summed E-state index contributed by atoms with van der Waals surface area (Å²) in [4.78, 5) is 14.4. The van der Waals surface area contributed by atoms with Gasteiger partial charge < -0.3 is 0 Å². The molecule has 0 radical (unpaired) electrons. The number of nitrogens with one attached hydrogen (secondary N) is 1. The topological polar surface area (TPSA) is 50.7 Å². The van der Waals surface area contributed by atoms with E-state index in [-0.39, 0.29) is 5.28 Å². The minimum absolute atomic E-state index is 0.0368. The van der Waals surface area contributed by atoms with Crippen LogP contribution in [-0.4, -0.2) is 14.8 Å². The van der Waals surface area contributed by atoms with E-state index < -0.39 is 5.69 Å². The van der Waals surface area contributed by atoms with E-state index in [0.29, 0.717) is 20.8 Å². The van der Waals surface area contributed by atoms with E-state index >= 15 is 0 Å². The second kappa shape index (κ2) is 4.30. The van der Waals surface area contributed by atoms with Gasteiger partial charge in [0.2, 0.25) is 5.28 Å². The first-order chi connectivity index (χ1) is 7.49. The van der Waals surface area contributed by atoms with Gasteiger partial charge in [0, 0.05) is 0 Å². The van der Waals surface area contributed by atoms with Gasteiger partial charge in [0.25, 0.3) is 0 Å². The van der Waals surface area contributed by atoms with Crippen LogP contribution in [-0.2, 0) is 0 Å². The average molecular weight is 299 g/mol. The van der Waals surface area contributed by atoms with Gasteiger partial charge in [0.15, 0.2) is 0 Å². The summed E-state index contributed by atoms with van der Waals surface area (Å²) in [5.74, 6) is 0. The maximum absolute atomic E-state index is 11.0. The van der Waals surface area contributed by atoms with Crippen molar-refractivity contribution in [1.29, 1.82) is 0 Å². The highest BCUT2D eigenvalue weighted by molar-refractivity contribution is 6.43. The third kappa shape index (κ3) is 2.06. The van der Waals surface area contributed by atoms with Crippen LogP contribution in [0.5, 0.6) is 0 Å². The van der Waals surface area contributed by atoms with Gasteiger partial charge in [-0.25, -0.2) is 14.6 Å². The summed E-state index contributed by atoms with van der Waals surface area (Å²) >= 11 is 23.3. The first kappa shape index (κ1) is 11.8. The molecule has 0 aliphatic rings. The van der Waals surface area contributed by atoms with Crippen LogP contribution >= 0.6 is 46.4 Å². The summed E-state index contributed by atoms with van der Waals surface area (Å²) in [6.45, 7) is 0. The van der Waals surface area contributed by atoms with E-state index in [9.17, 15) is 4.79 Å². The van der Waals surface area contributed by atoms with Crippen LogP contribution in [0.25, 0.3) is 5.69 Å². The molecule has 0 saturated heterocycles. The number of aromatic amines is 1. The van der Waals surface area contributed by atoms with E-state index in [0.717, 1.165) is 0 Å². The molecule has 84 valence electrons. The van der Waals surface area contributed by atoms with Crippen LogP contribution in [0, 0.1) is 0 Å². The van der Waals surface area contributed by atoms with Gasteiger partial charge in [-0.2, -0.15) is 4.98 Å². The number of halogens is 4. The van der Waals surface area contributed by atoms with Crippen molar-refractivity contribution in [2.45, 2.75) is 0 Å². The summed E-state index contributed by atoms with van der Waals surface area (Å²) in [5.41, 5.74) is -0.178. The third-order valence-electron chi connectivity index (χ3n) is 1.82. The fourth-order valence-electron chi connectivity index (χ4n) is 1.14. The van der Waals surface area contributed by atoms with Crippen LogP contribution in [0.4, 0.5) is 0 Å². The first-order valence-corrected chi connectivity index (χ1v) is 5.49. The van der Waals surface area contributed by atoms with E-state index in [1.54, 1.807) is 0 Å². The van der Waals surface area contributed by atoms with Gasteiger partial charge in [-0.3, -0.25) is 0 Å². The lowest BCUT2D eigenvalue weighted by molar-refractivity contribution is 0.865. The molecule has 0 saturated carbocycles. The molecule has 0 aliphatic heterocycles. The lowest BCUT2D eigenvalue weighted by Crippen LogP contribution is -2.05. The fourth-order valence-corrected chi connectivity index (χ4v) is 1.98. The van der Waals surface area contributed by atoms with Gasteiger partial charge >= 0.3 is 5.69 Å². The van der Waals surface area contributed by atoms with Crippen LogP contribution < -0.4 is 5.69 Å². The van der Waals surface area contributed by atoms with Crippen molar-refractivity contribution in [2.75, 3.05) is 0 Å². The van der Waals surface area contributed by atoms with Crippen molar-refractivity contribution in [3.8, 4) is 5.69 Å². The quantitative estimate of drug-likeness (QED) is 0.822. The van der Waals surface area contributed by atoms with E-state index in [1.165, 1.54) is 16.8 Å². The Balaban J connectivity index is 2.69. The van der Waals surface area contributed by atoms with Gasteiger partial charge in [0.05, 0.1) is 20.8 Å². The van der Waals surface area contributed by atoms with E-state index in [4.69, 9.17) is 46.4 Å². The first-order valence-electron chi connectivity index (χ1n) is 3.98. The lowest BCUT2D eigenvalue weighted by atomic mass is 10.3. The maximum atomic E-state index is 11.0. The Morgan fingerprint density at radius 1 is 1.06 bits per heavy atom. The van der Waals surface area contributed by atoms with E-state index in [1.807, 2.05) is 0 Å². The third-order valence-corrected chi connectivity index (χ3v) is 3.09. The molecule has 1 aromatic carbocycles. The predicted molar refractivity (Wildman–Crippen MR) is 64.2 cm³/mol. The van der Waals surface area contributed by atoms with Crippen molar-refractivity contribution in [3.05, 3.63) is 43.0 Å². The molecule has 1 N–H and O–H groups in total. The molecule has 0 unspecified atom stereocenters. The van der Waals surface area contributed by atoms with Gasteiger partial charge in [-0.1, -0.05) is 34.8 Å². The Morgan fingerprint density at radius 3 is 2.25 bits per heavy atom. The number of nitrogens with zero attached hydrogens (tertiary/aromatic N) is 2. The molecule has 8 heteroatoms. The predicted octanol–water partition coefficient (Wildman–Crippen LogP) is 3.17. The van der Waals surface area contributed by atoms with Crippen molar-refractivity contribution in [2.24, 2.45) is 0 Å². The summed E-state index contributed by atoms with van der Waals surface area (Å²) in [7, 11) is 0. The molecule has 0 spiro atoms. The molecular formula is C8H3Cl4N3O. The Hall–Kier alpha value is -0.680. The molecule has 2 aromatic rings. The van der Waals surface area contributed by atoms with Gasteiger partial charge in [-0.15, -0.1) is 0 Å². The SMILES string of the molecule is O=c1nc(Cl)n(-c2cc(Cl)c(Cl)cc2Cl)[nH]1. The molecule has 0 atom stereocenters. The van der Waals surface area contributed by atoms with E-state index in [2.05, 4.69) is 10.1 Å². The zero-order valence-corrected chi connectivity index (χ0v) is 10.5. The standard InChI is InChI=1S/C8H3Cl4N3O/c9-3-1-5(11)6(2-4(3)10)15-7(12)13-8(16)14-15/h1-2H,(H,14,16). The molecule has 0 bridgehead atoms. The molecule has 0 amide bonds. The normalized spacial score (nSPS) is 10.8. The second-order valence-corrected chi connectivity index (χ2v) is 4.41. The van der Waals surface area contributed by atoms with Crippen LogP contribution in [0.3, 0.4) is 0 Å². The van der Waals surface area contributed by atoms with Crippen LogP contribution in [0.15, 0.2) is 16.9 Å². The number of benzene rings is 1. The Kier molecular flexibility index (Phi) is 3.17. The lowest BCUT2D eigenvalue weighted by Gasteiger charge is -2.07. The number of H-pyrrole nitrogens is 1. The molecule has 2 rings (SSSR count). The monoisotopic (exact) mass is 297 g/mol. The Bertz CT molecular complexity index is 604. The highest BCUT2D eigenvalue weighted by Crippen LogP contribution is 2.31. The molecular weight excluding hydrogens is 296 g/mol. The van der Waals surface area contributed by atoms with Gasteiger partial charge in [0.1, 0.15) is 0 Å². The molecule has 4 nitrogen and oxygen atoms in total. The molecule has 16 heavy (non-hydrogen) atoms. The fraction of sp³-hybridized carbons (Fsp3) is 0. The Morgan fingerprint density at radius 2 is 1.69 bits per heavy atom. The van der Waals surface area contributed by atoms with Crippen molar-refractivity contribution >= 4 is 46.4 Å². The number of rotatable bonds is 1. The Labute approximate surface area is 110 Å². The minimum Gasteiger partial charge on any atom is -0.244 e. The molecule has 0 aliphatic carbocycles. The number of aromatic nitrogens is 3. The summed E-state index contributed by atoms with van der Waals surface area (Å²) in [6.07, 6.45) is 0. The second-order valence-electron chi connectivity index (χ2n) is 2.85. The minimum atomic E-state index is -0.577. The van der Waals surface area contributed by atoms with Crippen LogP contribution in [0.2, 0.25) is 20.4 Å². The van der Waals surface area contributed by atoms with Crippen LogP contribution in [0.1, 0.15) is 0 Å². The van der Waals surface area contributed by atoms with Crippen molar-refractivity contribution in [1.82, 2.24) is 14.8 Å². The zero-order valence-electron chi connectivity index (χ0n) is 7.47. The average Bonchev–Trinajstić information content (AvgIpc) is 2.51. The molecule has 0 fully saturated rings. The summed E-state index contributed by atoms with van der Waals surface area (Å²) in [6, 6.07) is 2.94. The maximum Gasteiger partial charge on any atom is 0.362 e. The van der Waals surface area contributed by atoms with Gasteiger partial charge in [-0.05, 0) is 23.7 Å². The molecule has 1 heterocycles. The number of hydrogen-bond acceptors (Lipinski definition) is 2. The zero-order chi connectivity index (χ0) is 11.9. The largest absolute Gasteiger partial charge is 0.362 e. The summed E-state index contributed by atoms with van der Waals surface area (Å²) < 4.78 is 1.22. The number of hydrogen-bond donors (Lipinski definition) is 1. The van der Waals surface area contributed by atoms with Crippen molar-refractivity contribution < 1.29 is 0 Å². The smallest absolute Gasteiger partial charge is 0.244 e. The highest BCUT2D eigenvalue weighted by Gasteiger charge is 2.12.